The van der Waals surface area contributed by atoms with E-state index in [4.69, 9.17) is 4.74 Å². The molecular weight excluding hydrogens is 242 g/mol. The molecule has 1 saturated heterocycles. The molecule has 0 bridgehead atoms. The number of aliphatic hydroxyl groups is 1. The second kappa shape index (κ2) is 7.55. The van der Waals surface area contributed by atoms with Crippen molar-refractivity contribution in [2.24, 2.45) is 0 Å². The van der Waals surface area contributed by atoms with Crippen LogP contribution in [-0.2, 0) is 4.74 Å². The molecule has 2 unspecified atom stereocenters. The number of hydrogen-bond donors (Lipinski definition) is 2. The zero-order valence-corrected chi connectivity index (χ0v) is 11.5. The predicted octanol–water partition coefficient (Wildman–Crippen LogP) is 0.425. The van der Waals surface area contributed by atoms with Crippen molar-refractivity contribution in [2.75, 3.05) is 39.4 Å². The topological polar surface area (TPSA) is 57.6 Å². The van der Waals surface area contributed by atoms with Crippen LogP contribution in [0.5, 0.6) is 0 Å². The van der Waals surface area contributed by atoms with Crippen LogP contribution in [0, 0.1) is 0 Å². The van der Waals surface area contributed by atoms with E-state index in [1.807, 2.05) is 18.3 Å². The van der Waals surface area contributed by atoms with E-state index in [1.54, 1.807) is 6.20 Å². The van der Waals surface area contributed by atoms with Gasteiger partial charge in [0.25, 0.3) is 0 Å². The third-order valence-electron chi connectivity index (χ3n) is 3.42. The fourth-order valence-corrected chi connectivity index (χ4v) is 2.21. The lowest BCUT2D eigenvalue weighted by atomic mass is 10.1. The van der Waals surface area contributed by atoms with Crippen LogP contribution in [0.1, 0.15) is 18.5 Å². The summed E-state index contributed by atoms with van der Waals surface area (Å²) < 4.78 is 5.29. The number of nitrogens with one attached hydrogen (secondary N) is 1. The highest BCUT2D eigenvalue weighted by atomic mass is 16.5. The van der Waals surface area contributed by atoms with Crippen molar-refractivity contribution in [1.82, 2.24) is 15.2 Å². The van der Waals surface area contributed by atoms with Gasteiger partial charge >= 0.3 is 0 Å². The van der Waals surface area contributed by atoms with Crippen LogP contribution >= 0.6 is 0 Å². The van der Waals surface area contributed by atoms with E-state index in [0.29, 0.717) is 13.1 Å². The Bertz CT molecular complexity index is 355. The molecule has 0 aromatic carbocycles. The molecule has 106 valence electrons. The van der Waals surface area contributed by atoms with Gasteiger partial charge in [-0.1, -0.05) is 6.07 Å². The summed E-state index contributed by atoms with van der Waals surface area (Å²) in [6, 6.07) is 4.17. The molecule has 1 fully saturated rings. The van der Waals surface area contributed by atoms with Gasteiger partial charge in [0, 0.05) is 44.6 Å². The lowest BCUT2D eigenvalue weighted by Crippen LogP contribution is -2.44. The normalized spacial score (nSPS) is 20.1. The monoisotopic (exact) mass is 265 g/mol. The van der Waals surface area contributed by atoms with Gasteiger partial charge in [-0.25, -0.2) is 0 Å². The quantitative estimate of drug-likeness (QED) is 0.781. The molecule has 5 nitrogen and oxygen atoms in total. The number of β-amino-alcohol motifs (C(OH)–C–C–N with tert-alkyl or cyclic N) is 1. The molecule has 1 aromatic heterocycles. The molecule has 19 heavy (non-hydrogen) atoms. The molecule has 0 radical (unpaired) electrons. The number of pyridine rings is 1. The number of morpholine rings is 1. The molecule has 0 amide bonds. The van der Waals surface area contributed by atoms with Crippen molar-refractivity contribution in [2.45, 2.75) is 19.1 Å². The second-order valence-corrected chi connectivity index (χ2v) is 4.98. The minimum absolute atomic E-state index is 0.202. The van der Waals surface area contributed by atoms with E-state index in [-0.39, 0.29) is 12.1 Å². The molecule has 2 atom stereocenters. The summed E-state index contributed by atoms with van der Waals surface area (Å²) in [7, 11) is 0. The van der Waals surface area contributed by atoms with E-state index in [1.165, 1.54) is 0 Å². The average molecular weight is 265 g/mol. The summed E-state index contributed by atoms with van der Waals surface area (Å²) in [5.74, 6) is 0. The maximum atomic E-state index is 10.0. The van der Waals surface area contributed by atoms with Crippen molar-refractivity contribution in [3.8, 4) is 0 Å². The Morgan fingerprint density at radius 3 is 2.95 bits per heavy atom. The smallest absolute Gasteiger partial charge is 0.0791 e. The Hall–Kier alpha value is -1.01. The minimum atomic E-state index is -0.350. The van der Waals surface area contributed by atoms with E-state index in [2.05, 4.69) is 22.1 Å². The lowest BCUT2D eigenvalue weighted by molar-refractivity contribution is 0.0145. The van der Waals surface area contributed by atoms with Gasteiger partial charge in [0.15, 0.2) is 0 Å². The van der Waals surface area contributed by atoms with E-state index >= 15 is 0 Å². The highest BCUT2D eigenvalue weighted by Gasteiger charge is 2.15. The number of aliphatic hydroxyl groups excluding tert-OH is 1. The van der Waals surface area contributed by atoms with Crippen molar-refractivity contribution in [3.05, 3.63) is 30.1 Å². The third-order valence-corrected chi connectivity index (χ3v) is 3.42. The molecule has 0 aliphatic carbocycles. The van der Waals surface area contributed by atoms with Crippen molar-refractivity contribution < 1.29 is 9.84 Å². The van der Waals surface area contributed by atoms with Gasteiger partial charge in [-0.2, -0.15) is 0 Å². The van der Waals surface area contributed by atoms with Gasteiger partial charge in [-0.05, 0) is 18.6 Å². The Labute approximate surface area is 114 Å². The molecule has 2 rings (SSSR count). The summed E-state index contributed by atoms with van der Waals surface area (Å²) in [6.07, 6.45) is 3.27. The maximum absolute atomic E-state index is 10.0. The van der Waals surface area contributed by atoms with Crippen LogP contribution in [0.3, 0.4) is 0 Å². The molecule has 2 N–H and O–H groups in total. The highest BCUT2D eigenvalue weighted by molar-refractivity contribution is 5.12. The predicted molar refractivity (Wildman–Crippen MR) is 73.9 cm³/mol. The standard InChI is InChI=1S/C14H23N3O2/c1-12(13-3-2-4-15-9-13)16-10-14(18)11-17-5-7-19-8-6-17/h2-4,9,12,14,16,18H,5-8,10-11H2,1H3. The van der Waals surface area contributed by atoms with Crippen molar-refractivity contribution in [3.63, 3.8) is 0 Å². The van der Waals surface area contributed by atoms with E-state index in [0.717, 1.165) is 31.9 Å². The number of hydrogen-bond acceptors (Lipinski definition) is 5. The van der Waals surface area contributed by atoms with Gasteiger partial charge in [0.05, 0.1) is 19.3 Å². The first-order valence-corrected chi connectivity index (χ1v) is 6.87. The molecule has 5 heteroatoms. The zero-order valence-electron chi connectivity index (χ0n) is 11.5. The molecule has 1 aliphatic heterocycles. The lowest BCUT2D eigenvalue weighted by Gasteiger charge is -2.29. The zero-order chi connectivity index (χ0) is 13.5. The van der Waals surface area contributed by atoms with Gasteiger partial charge < -0.3 is 15.2 Å². The van der Waals surface area contributed by atoms with Crippen molar-refractivity contribution >= 4 is 0 Å². The largest absolute Gasteiger partial charge is 0.390 e. The Morgan fingerprint density at radius 2 is 2.26 bits per heavy atom. The van der Waals surface area contributed by atoms with Gasteiger partial charge in [0.2, 0.25) is 0 Å². The first-order valence-electron chi connectivity index (χ1n) is 6.87. The van der Waals surface area contributed by atoms with Crippen LogP contribution in [0.4, 0.5) is 0 Å². The van der Waals surface area contributed by atoms with Gasteiger partial charge in [-0.3, -0.25) is 9.88 Å². The van der Waals surface area contributed by atoms with Gasteiger partial charge in [0.1, 0.15) is 0 Å². The number of nitrogens with zero attached hydrogens (tertiary/aromatic N) is 2. The van der Waals surface area contributed by atoms with Crippen LogP contribution in [-0.4, -0.2) is 60.5 Å². The first-order chi connectivity index (χ1) is 9.25. The Balaban J connectivity index is 1.69. The Kier molecular flexibility index (Phi) is 5.72. The highest BCUT2D eigenvalue weighted by Crippen LogP contribution is 2.09. The Morgan fingerprint density at radius 1 is 1.47 bits per heavy atom. The summed E-state index contributed by atoms with van der Waals surface area (Å²) in [6.45, 7) is 6.74. The number of ether oxygens (including phenoxy) is 1. The minimum Gasteiger partial charge on any atom is -0.390 e. The average Bonchev–Trinajstić information content (AvgIpc) is 2.47. The third kappa shape index (κ3) is 4.87. The first kappa shape index (κ1) is 14.4. The summed E-state index contributed by atoms with van der Waals surface area (Å²) in [4.78, 5) is 6.34. The summed E-state index contributed by atoms with van der Waals surface area (Å²) in [5, 5.41) is 13.4. The molecule has 0 saturated carbocycles. The SMILES string of the molecule is CC(NCC(O)CN1CCOCC1)c1cccnc1. The van der Waals surface area contributed by atoms with Crippen LogP contribution in [0.15, 0.2) is 24.5 Å². The number of aromatic nitrogens is 1. The van der Waals surface area contributed by atoms with E-state index < -0.39 is 0 Å². The summed E-state index contributed by atoms with van der Waals surface area (Å²) in [5.41, 5.74) is 1.14. The molecular formula is C14H23N3O2. The van der Waals surface area contributed by atoms with E-state index in [9.17, 15) is 5.11 Å². The van der Waals surface area contributed by atoms with Crippen LogP contribution < -0.4 is 5.32 Å². The number of rotatable bonds is 6. The van der Waals surface area contributed by atoms with Gasteiger partial charge in [-0.15, -0.1) is 0 Å². The van der Waals surface area contributed by atoms with Crippen LogP contribution in [0.25, 0.3) is 0 Å². The molecule has 1 aromatic rings. The fraction of sp³-hybridized carbons (Fsp3) is 0.643. The molecule has 0 spiro atoms. The molecule has 2 heterocycles. The fourth-order valence-electron chi connectivity index (χ4n) is 2.21. The van der Waals surface area contributed by atoms with Crippen molar-refractivity contribution in [1.29, 1.82) is 0 Å². The van der Waals surface area contributed by atoms with Crippen LogP contribution in [0.2, 0.25) is 0 Å². The summed E-state index contributed by atoms with van der Waals surface area (Å²) >= 11 is 0. The second-order valence-electron chi connectivity index (χ2n) is 4.98. The maximum Gasteiger partial charge on any atom is 0.0791 e. The molecule has 1 aliphatic rings.